The lowest BCUT2D eigenvalue weighted by Crippen LogP contribution is -2.53. The van der Waals surface area contributed by atoms with E-state index in [0.717, 1.165) is 57.7 Å². The molecule has 1 aromatic rings. The molecule has 3 heterocycles. The number of carbonyl (C=O) groups excluding carboxylic acids is 1. The van der Waals surface area contributed by atoms with Crippen molar-refractivity contribution in [2.75, 3.05) is 32.8 Å². The van der Waals surface area contributed by atoms with E-state index in [-0.39, 0.29) is 17.9 Å². The molecule has 5 heteroatoms. The zero-order chi connectivity index (χ0) is 15.6. The number of carbonyl (C=O) groups is 1. The van der Waals surface area contributed by atoms with E-state index in [2.05, 4.69) is 4.90 Å². The van der Waals surface area contributed by atoms with Gasteiger partial charge < -0.3 is 14.4 Å². The standard InChI is InChI=1S/C17H26N2O3/c1-14(21)19-8-5-17(6-9-19)4-7-18(11-15(17)13-20)12-16-3-2-10-22-16/h2-3,10,15,20H,4-9,11-13H2,1H3/t15-/m0/s1. The number of piperidine rings is 2. The van der Waals surface area contributed by atoms with E-state index in [9.17, 15) is 9.90 Å². The van der Waals surface area contributed by atoms with Crippen molar-refractivity contribution in [3.63, 3.8) is 0 Å². The Bertz CT molecular complexity index is 492. The van der Waals surface area contributed by atoms with E-state index in [1.807, 2.05) is 17.0 Å². The third-order valence-corrected chi connectivity index (χ3v) is 5.66. The zero-order valence-electron chi connectivity index (χ0n) is 13.3. The Morgan fingerprint density at radius 3 is 2.68 bits per heavy atom. The quantitative estimate of drug-likeness (QED) is 0.924. The van der Waals surface area contributed by atoms with Crippen molar-refractivity contribution in [1.82, 2.24) is 9.80 Å². The van der Waals surface area contributed by atoms with Crippen LogP contribution in [0.1, 0.15) is 31.9 Å². The Balaban J connectivity index is 1.62. The summed E-state index contributed by atoms with van der Waals surface area (Å²) in [6.45, 7) is 6.32. The van der Waals surface area contributed by atoms with E-state index in [0.29, 0.717) is 5.92 Å². The normalized spacial score (nSPS) is 25.5. The number of amides is 1. The van der Waals surface area contributed by atoms with E-state index >= 15 is 0 Å². The Labute approximate surface area is 131 Å². The minimum absolute atomic E-state index is 0.172. The Morgan fingerprint density at radius 1 is 1.36 bits per heavy atom. The van der Waals surface area contributed by atoms with Gasteiger partial charge >= 0.3 is 0 Å². The summed E-state index contributed by atoms with van der Waals surface area (Å²) in [6, 6.07) is 3.92. The van der Waals surface area contributed by atoms with Crippen molar-refractivity contribution in [2.24, 2.45) is 11.3 Å². The van der Waals surface area contributed by atoms with Crippen molar-refractivity contribution in [3.8, 4) is 0 Å². The van der Waals surface area contributed by atoms with Gasteiger partial charge in [0, 0.05) is 39.1 Å². The van der Waals surface area contributed by atoms with Crippen molar-refractivity contribution in [1.29, 1.82) is 0 Å². The molecule has 1 amide bonds. The minimum atomic E-state index is 0.172. The Hall–Kier alpha value is -1.33. The molecule has 0 saturated carbocycles. The molecule has 1 aromatic heterocycles. The number of hydrogen-bond donors (Lipinski definition) is 1. The van der Waals surface area contributed by atoms with Crippen LogP contribution < -0.4 is 0 Å². The van der Waals surface area contributed by atoms with Gasteiger partial charge in [-0.1, -0.05) is 0 Å². The lowest BCUT2D eigenvalue weighted by Gasteiger charge is -2.51. The Kier molecular flexibility index (Phi) is 4.54. The van der Waals surface area contributed by atoms with E-state index in [4.69, 9.17) is 4.42 Å². The summed E-state index contributed by atoms with van der Waals surface area (Å²) in [4.78, 5) is 15.8. The van der Waals surface area contributed by atoms with Gasteiger partial charge in [0.05, 0.1) is 12.8 Å². The summed E-state index contributed by atoms with van der Waals surface area (Å²) < 4.78 is 5.43. The van der Waals surface area contributed by atoms with Gasteiger partial charge in [-0.3, -0.25) is 9.69 Å². The molecule has 122 valence electrons. The maximum Gasteiger partial charge on any atom is 0.219 e. The maximum atomic E-state index is 11.5. The number of likely N-dealkylation sites (tertiary alicyclic amines) is 2. The van der Waals surface area contributed by atoms with Crippen LogP contribution in [0.25, 0.3) is 0 Å². The molecule has 1 atom stereocenters. The average Bonchev–Trinajstić information content (AvgIpc) is 3.03. The highest BCUT2D eigenvalue weighted by Crippen LogP contribution is 2.45. The molecule has 5 nitrogen and oxygen atoms in total. The van der Waals surface area contributed by atoms with Crippen LogP contribution in [0.15, 0.2) is 22.8 Å². The van der Waals surface area contributed by atoms with Gasteiger partial charge in [0.25, 0.3) is 0 Å². The summed E-state index contributed by atoms with van der Waals surface area (Å²) >= 11 is 0. The summed E-state index contributed by atoms with van der Waals surface area (Å²) in [5.41, 5.74) is 0.209. The van der Waals surface area contributed by atoms with Crippen LogP contribution in [-0.4, -0.2) is 53.6 Å². The average molecular weight is 306 g/mol. The number of furan rings is 1. The topological polar surface area (TPSA) is 56.9 Å². The number of rotatable bonds is 3. The molecular formula is C17H26N2O3. The lowest BCUT2D eigenvalue weighted by atomic mass is 9.64. The van der Waals surface area contributed by atoms with Gasteiger partial charge in [-0.15, -0.1) is 0 Å². The van der Waals surface area contributed by atoms with E-state index < -0.39 is 0 Å². The molecule has 2 aliphatic rings. The summed E-state index contributed by atoms with van der Waals surface area (Å²) in [5.74, 6) is 1.45. The molecule has 0 radical (unpaired) electrons. The monoisotopic (exact) mass is 306 g/mol. The number of nitrogens with zero attached hydrogens (tertiary/aromatic N) is 2. The summed E-state index contributed by atoms with van der Waals surface area (Å²) in [6.07, 6.45) is 4.85. The van der Waals surface area contributed by atoms with Gasteiger partial charge in [-0.25, -0.2) is 0 Å². The fourth-order valence-electron chi connectivity index (χ4n) is 4.12. The first-order chi connectivity index (χ1) is 10.6. The van der Waals surface area contributed by atoms with Crippen LogP contribution in [0.3, 0.4) is 0 Å². The highest BCUT2D eigenvalue weighted by molar-refractivity contribution is 5.73. The highest BCUT2D eigenvalue weighted by atomic mass is 16.3. The molecule has 2 fully saturated rings. The SMILES string of the molecule is CC(=O)N1CCC2(CCN(Cc3ccco3)C[C@H]2CO)CC1. The lowest BCUT2D eigenvalue weighted by molar-refractivity contribution is -0.133. The third-order valence-electron chi connectivity index (χ3n) is 5.66. The second-order valence-corrected chi connectivity index (χ2v) is 6.81. The summed E-state index contributed by atoms with van der Waals surface area (Å²) in [5, 5.41) is 9.90. The Morgan fingerprint density at radius 2 is 2.09 bits per heavy atom. The fourth-order valence-corrected chi connectivity index (χ4v) is 4.12. The van der Waals surface area contributed by atoms with Gasteiger partial charge in [0.15, 0.2) is 0 Å². The molecule has 2 saturated heterocycles. The second kappa shape index (κ2) is 6.42. The molecule has 2 aliphatic heterocycles. The van der Waals surface area contributed by atoms with Crippen molar-refractivity contribution in [2.45, 2.75) is 32.7 Å². The van der Waals surface area contributed by atoms with Crippen molar-refractivity contribution in [3.05, 3.63) is 24.2 Å². The predicted molar refractivity (Wildman–Crippen MR) is 83.1 cm³/mol. The van der Waals surface area contributed by atoms with Crippen LogP contribution in [0.5, 0.6) is 0 Å². The van der Waals surface area contributed by atoms with Gasteiger partial charge in [-0.05, 0) is 43.4 Å². The molecule has 0 bridgehead atoms. The molecule has 1 N–H and O–H groups in total. The molecule has 1 spiro atoms. The maximum absolute atomic E-state index is 11.5. The number of hydrogen-bond acceptors (Lipinski definition) is 4. The fraction of sp³-hybridized carbons (Fsp3) is 0.706. The minimum Gasteiger partial charge on any atom is -0.468 e. The molecule has 3 rings (SSSR count). The van der Waals surface area contributed by atoms with Crippen molar-refractivity contribution >= 4 is 5.91 Å². The first-order valence-corrected chi connectivity index (χ1v) is 8.24. The van der Waals surface area contributed by atoms with Crippen LogP contribution in [0, 0.1) is 11.3 Å². The van der Waals surface area contributed by atoms with Gasteiger partial charge in [0.2, 0.25) is 5.91 Å². The molecule has 0 aliphatic carbocycles. The zero-order valence-corrected chi connectivity index (χ0v) is 13.3. The highest BCUT2D eigenvalue weighted by Gasteiger charge is 2.44. The van der Waals surface area contributed by atoms with Crippen LogP contribution >= 0.6 is 0 Å². The first kappa shape index (κ1) is 15.6. The van der Waals surface area contributed by atoms with Crippen LogP contribution in [-0.2, 0) is 11.3 Å². The van der Waals surface area contributed by atoms with Crippen LogP contribution in [0.4, 0.5) is 0 Å². The van der Waals surface area contributed by atoms with E-state index in [1.165, 1.54) is 0 Å². The molecule has 0 aromatic carbocycles. The smallest absolute Gasteiger partial charge is 0.219 e. The molecule has 22 heavy (non-hydrogen) atoms. The van der Waals surface area contributed by atoms with Crippen molar-refractivity contribution < 1.29 is 14.3 Å². The second-order valence-electron chi connectivity index (χ2n) is 6.81. The molecular weight excluding hydrogens is 280 g/mol. The predicted octanol–water partition coefficient (Wildman–Crippen LogP) is 1.72. The first-order valence-electron chi connectivity index (χ1n) is 8.24. The van der Waals surface area contributed by atoms with Gasteiger partial charge in [-0.2, -0.15) is 0 Å². The third kappa shape index (κ3) is 3.06. The molecule has 0 unspecified atom stereocenters. The van der Waals surface area contributed by atoms with E-state index in [1.54, 1.807) is 13.2 Å². The largest absolute Gasteiger partial charge is 0.468 e. The number of aliphatic hydroxyl groups excluding tert-OH is 1. The van der Waals surface area contributed by atoms with Gasteiger partial charge in [0.1, 0.15) is 5.76 Å². The number of aliphatic hydroxyl groups is 1. The summed E-state index contributed by atoms with van der Waals surface area (Å²) in [7, 11) is 0. The van der Waals surface area contributed by atoms with Crippen LogP contribution in [0.2, 0.25) is 0 Å².